The number of amides is 1. The van der Waals surface area contributed by atoms with Crippen molar-refractivity contribution in [2.45, 2.75) is 6.61 Å². The fourth-order valence-corrected chi connectivity index (χ4v) is 3.07. The molecule has 0 unspecified atom stereocenters. The van der Waals surface area contributed by atoms with Gasteiger partial charge in [-0.25, -0.2) is 5.43 Å². The van der Waals surface area contributed by atoms with Crippen molar-refractivity contribution in [2.75, 3.05) is 0 Å². The average molecular weight is 404 g/mol. The van der Waals surface area contributed by atoms with Gasteiger partial charge in [0, 0.05) is 27.7 Å². The van der Waals surface area contributed by atoms with E-state index in [4.69, 9.17) is 16.3 Å². The van der Waals surface area contributed by atoms with Gasteiger partial charge < -0.3 is 9.72 Å². The lowest BCUT2D eigenvalue weighted by Gasteiger charge is -2.10. The predicted molar refractivity (Wildman–Crippen MR) is 116 cm³/mol. The summed E-state index contributed by atoms with van der Waals surface area (Å²) in [5.41, 5.74) is 5.85. The molecule has 0 aliphatic rings. The van der Waals surface area contributed by atoms with Crippen LogP contribution in [0.2, 0.25) is 5.02 Å². The van der Waals surface area contributed by atoms with E-state index in [1.165, 1.54) is 0 Å². The predicted octanol–water partition coefficient (Wildman–Crippen LogP) is 5.16. The van der Waals surface area contributed by atoms with Crippen LogP contribution in [0.15, 0.2) is 84.1 Å². The number of nitrogens with zero attached hydrogens (tertiary/aromatic N) is 1. The SMILES string of the molecule is O=C(N/N=C\c1c[nH]c2ccccc12)c1ccccc1OCc1ccc(Cl)cc1. The summed E-state index contributed by atoms with van der Waals surface area (Å²) in [5.74, 6) is 0.148. The molecule has 0 saturated carbocycles. The molecule has 0 saturated heterocycles. The van der Waals surface area contributed by atoms with E-state index in [0.717, 1.165) is 22.0 Å². The van der Waals surface area contributed by atoms with Gasteiger partial charge in [0.05, 0.1) is 11.8 Å². The number of aromatic nitrogens is 1. The minimum Gasteiger partial charge on any atom is -0.488 e. The Morgan fingerprint density at radius 2 is 1.79 bits per heavy atom. The van der Waals surface area contributed by atoms with Crippen LogP contribution in [0, 0.1) is 0 Å². The number of para-hydroxylation sites is 2. The van der Waals surface area contributed by atoms with Crippen LogP contribution in [0.5, 0.6) is 5.75 Å². The molecular formula is C23H18ClN3O2. The Hall–Kier alpha value is -3.57. The molecule has 3 aromatic carbocycles. The summed E-state index contributed by atoms with van der Waals surface area (Å²) in [6.45, 7) is 0.333. The van der Waals surface area contributed by atoms with Gasteiger partial charge in [-0.3, -0.25) is 4.79 Å². The number of fused-ring (bicyclic) bond motifs is 1. The number of benzene rings is 3. The number of rotatable bonds is 6. The lowest BCUT2D eigenvalue weighted by Crippen LogP contribution is -2.18. The van der Waals surface area contributed by atoms with E-state index in [1.54, 1.807) is 36.5 Å². The molecule has 0 aliphatic heterocycles. The molecule has 5 nitrogen and oxygen atoms in total. The molecule has 2 N–H and O–H groups in total. The number of aromatic amines is 1. The van der Waals surface area contributed by atoms with Crippen LogP contribution in [0.25, 0.3) is 10.9 Å². The largest absolute Gasteiger partial charge is 0.488 e. The monoisotopic (exact) mass is 403 g/mol. The summed E-state index contributed by atoms with van der Waals surface area (Å²) >= 11 is 5.90. The van der Waals surface area contributed by atoms with Crippen LogP contribution in [0.3, 0.4) is 0 Å². The van der Waals surface area contributed by atoms with Crippen LogP contribution < -0.4 is 10.2 Å². The second-order valence-corrected chi connectivity index (χ2v) is 6.84. The summed E-state index contributed by atoms with van der Waals surface area (Å²) in [7, 11) is 0. The standard InChI is InChI=1S/C23H18ClN3O2/c24-18-11-9-16(10-12-18)15-29-22-8-4-2-6-20(22)23(28)27-26-14-17-13-25-21-7-3-1-5-19(17)21/h1-14,25H,15H2,(H,27,28)/b26-14-. The second-order valence-electron chi connectivity index (χ2n) is 6.40. The zero-order valence-electron chi connectivity index (χ0n) is 15.4. The van der Waals surface area contributed by atoms with E-state index in [0.29, 0.717) is 22.9 Å². The molecule has 1 amide bonds. The van der Waals surface area contributed by atoms with Gasteiger partial charge in [0.15, 0.2) is 0 Å². The van der Waals surface area contributed by atoms with Crippen molar-refractivity contribution in [1.82, 2.24) is 10.4 Å². The number of halogens is 1. The summed E-state index contributed by atoms with van der Waals surface area (Å²) in [6.07, 6.45) is 3.47. The Labute approximate surface area is 173 Å². The zero-order valence-corrected chi connectivity index (χ0v) is 16.2. The van der Waals surface area contributed by atoms with Crippen molar-refractivity contribution < 1.29 is 9.53 Å². The molecule has 0 aliphatic carbocycles. The van der Waals surface area contributed by atoms with Gasteiger partial charge in [-0.15, -0.1) is 0 Å². The molecule has 0 spiro atoms. The summed E-state index contributed by atoms with van der Waals surface area (Å²) in [6, 6.07) is 22.3. The number of hydrazone groups is 1. The number of carbonyl (C=O) groups is 1. The Morgan fingerprint density at radius 3 is 2.66 bits per heavy atom. The van der Waals surface area contributed by atoms with Gasteiger partial charge in [0.25, 0.3) is 5.91 Å². The van der Waals surface area contributed by atoms with Crippen molar-refractivity contribution in [3.63, 3.8) is 0 Å². The molecule has 144 valence electrons. The summed E-state index contributed by atoms with van der Waals surface area (Å²) in [4.78, 5) is 15.8. The van der Waals surface area contributed by atoms with E-state index in [1.807, 2.05) is 48.7 Å². The Morgan fingerprint density at radius 1 is 1.03 bits per heavy atom. The number of ether oxygens (including phenoxy) is 1. The van der Waals surface area contributed by atoms with Crippen LogP contribution in [0.4, 0.5) is 0 Å². The molecular weight excluding hydrogens is 386 g/mol. The number of carbonyl (C=O) groups excluding carboxylic acids is 1. The first-order valence-electron chi connectivity index (χ1n) is 9.06. The number of H-pyrrole nitrogens is 1. The van der Waals surface area contributed by atoms with Crippen LogP contribution >= 0.6 is 11.6 Å². The highest BCUT2D eigenvalue weighted by molar-refractivity contribution is 6.30. The van der Waals surface area contributed by atoms with Crippen LogP contribution in [-0.2, 0) is 6.61 Å². The zero-order chi connectivity index (χ0) is 20.1. The molecule has 1 aromatic heterocycles. The van der Waals surface area contributed by atoms with Gasteiger partial charge >= 0.3 is 0 Å². The molecule has 0 atom stereocenters. The van der Waals surface area contributed by atoms with E-state index in [9.17, 15) is 4.79 Å². The quantitative estimate of drug-likeness (QED) is 0.344. The Bertz CT molecular complexity index is 1170. The maximum atomic E-state index is 12.6. The average Bonchev–Trinajstić information content (AvgIpc) is 3.17. The topological polar surface area (TPSA) is 66.5 Å². The molecule has 0 bridgehead atoms. The highest BCUT2D eigenvalue weighted by Gasteiger charge is 2.11. The third-order valence-electron chi connectivity index (χ3n) is 4.43. The van der Waals surface area contributed by atoms with E-state index in [2.05, 4.69) is 15.5 Å². The molecule has 4 rings (SSSR count). The third-order valence-corrected chi connectivity index (χ3v) is 4.68. The lowest BCUT2D eigenvalue weighted by molar-refractivity contribution is 0.0950. The lowest BCUT2D eigenvalue weighted by atomic mass is 10.2. The van der Waals surface area contributed by atoms with E-state index >= 15 is 0 Å². The van der Waals surface area contributed by atoms with Gasteiger partial charge in [-0.2, -0.15) is 5.10 Å². The first kappa shape index (κ1) is 18.8. The minimum atomic E-state index is -0.340. The van der Waals surface area contributed by atoms with Crippen molar-refractivity contribution in [3.8, 4) is 5.75 Å². The second kappa shape index (κ2) is 8.63. The van der Waals surface area contributed by atoms with E-state index < -0.39 is 0 Å². The maximum absolute atomic E-state index is 12.6. The van der Waals surface area contributed by atoms with Crippen LogP contribution in [-0.4, -0.2) is 17.1 Å². The fraction of sp³-hybridized carbons (Fsp3) is 0.0435. The van der Waals surface area contributed by atoms with Crippen molar-refractivity contribution in [3.05, 3.63) is 101 Å². The normalized spacial score (nSPS) is 11.1. The molecule has 0 radical (unpaired) electrons. The first-order valence-corrected chi connectivity index (χ1v) is 9.44. The van der Waals surface area contributed by atoms with Gasteiger partial charge in [0.2, 0.25) is 0 Å². The van der Waals surface area contributed by atoms with E-state index in [-0.39, 0.29) is 5.91 Å². The minimum absolute atomic E-state index is 0.333. The van der Waals surface area contributed by atoms with Crippen LogP contribution in [0.1, 0.15) is 21.5 Å². The van der Waals surface area contributed by atoms with Gasteiger partial charge in [-0.1, -0.05) is 54.1 Å². The Balaban J connectivity index is 1.44. The van der Waals surface area contributed by atoms with Crippen molar-refractivity contribution in [2.24, 2.45) is 5.10 Å². The molecule has 1 heterocycles. The smallest absolute Gasteiger partial charge is 0.275 e. The summed E-state index contributed by atoms with van der Waals surface area (Å²) < 4.78 is 5.83. The Kier molecular flexibility index (Phi) is 5.59. The van der Waals surface area contributed by atoms with Gasteiger partial charge in [-0.05, 0) is 35.9 Å². The molecule has 29 heavy (non-hydrogen) atoms. The number of hydrogen-bond acceptors (Lipinski definition) is 3. The highest BCUT2D eigenvalue weighted by atomic mass is 35.5. The summed E-state index contributed by atoms with van der Waals surface area (Å²) in [5, 5.41) is 5.80. The highest BCUT2D eigenvalue weighted by Crippen LogP contribution is 2.20. The molecule has 6 heteroatoms. The molecule has 4 aromatic rings. The first-order chi connectivity index (χ1) is 14.2. The third kappa shape index (κ3) is 4.47. The fourth-order valence-electron chi connectivity index (χ4n) is 2.94. The number of nitrogens with one attached hydrogen (secondary N) is 2. The number of hydrogen-bond donors (Lipinski definition) is 2. The van der Waals surface area contributed by atoms with Crippen molar-refractivity contribution >= 4 is 34.6 Å². The molecule has 0 fully saturated rings. The van der Waals surface area contributed by atoms with Gasteiger partial charge in [0.1, 0.15) is 12.4 Å². The maximum Gasteiger partial charge on any atom is 0.275 e. The van der Waals surface area contributed by atoms with Crippen molar-refractivity contribution in [1.29, 1.82) is 0 Å².